The number of nitrogens with zero attached hydrogens (tertiary/aromatic N) is 1. The second-order valence-electron chi connectivity index (χ2n) is 5.25. The van der Waals surface area contributed by atoms with E-state index in [9.17, 15) is 8.42 Å². The first kappa shape index (κ1) is 17.9. The molecule has 0 saturated heterocycles. The van der Waals surface area contributed by atoms with Crippen LogP contribution in [0.5, 0.6) is 5.75 Å². The molecule has 0 bridgehead atoms. The molecule has 7 heteroatoms. The lowest BCUT2D eigenvalue weighted by Crippen LogP contribution is -2.34. The lowest BCUT2D eigenvalue weighted by Gasteiger charge is -2.23. The number of ether oxygens (including phenoxy) is 1. The van der Waals surface area contributed by atoms with Gasteiger partial charge >= 0.3 is 0 Å². The van der Waals surface area contributed by atoms with E-state index in [-0.39, 0.29) is 10.9 Å². The summed E-state index contributed by atoms with van der Waals surface area (Å²) >= 11 is 1.62. The van der Waals surface area contributed by atoms with Crippen LogP contribution in [0.4, 0.5) is 0 Å². The fourth-order valence-electron chi connectivity index (χ4n) is 2.17. The molecular formula is C16H22N2O3S2. The zero-order valence-electron chi connectivity index (χ0n) is 13.5. The lowest BCUT2D eigenvalue weighted by molar-refractivity contribution is 0.303. The van der Waals surface area contributed by atoms with Crippen molar-refractivity contribution in [3.8, 4) is 5.75 Å². The topological polar surface area (TPSA) is 58.6 Å². The summed E-state index contributed by atoms with van der Waals surface area (Å²) in [6.07, 6.45) is 0. The Morgan fingerprint density at radius 3 is 2.43 bits per heavy atom. The molecule has 0 aliphatic heterocycles. The molecule has 1 heterocycles. The van der Waals surface area contributed by atoms with Crippen LogP contribution < -0.4 is 9.46 Å². The molecule has 5 nitrogen and oxygen atoms in total. The van der Waals surface area contributed by atoms with Gasteiger partial charge in [0.1, 0.15) is 5.75 Å². The smallest absolute Gasteiger partial charge is 0.240 e. The van der Waals surface area contributed by atoms with E-state index in [1.165, 1.54) is 0 Å². The van der Waals surface area contributed by atoms with Crippen LogP contribution in [0.25, 0.3) is 0 Å². The van der Waals surface area contributed by atoms with Crippen LogP contribution >= 0.6 is 11.3 Å². The van der Waals surface area contributed by atoms with Crippen LogP contribution in [-0.4, -0.2) is 40.6 Å². The molecule has 0 aliphatic rings. The predicted octanol–water partition coefficient (Wildman–Crippen LogP) is 2.73. The van der Waals surface area contributed by atoms with Gasteiger partial charge in [0.25, 0.3) is 0 Å². The monoisotopic (exact) mass is 354 g/mol. The van der Waals surface area contributed by atoms with Crippen molar-refractivity contribution in [1.82, 2.24) is 9.62 Å². The van der Waals surface area contributed by atoms with E-state index in [0.717, 1.165) is 4.88 Å². The fraction of sp³-hybridized carbons (Fsp3) is 0.375. The molecule has 0 unspecified atom stereocenters. The highest BCUT2D eigenvalue weighted by molar-refractivity contribution is 7.89. The molecule has 1 atom stereocenters. The number of likely N-dealkylation sites (N-methyl/N-ethyl adjacent to an activating group) is 1. The first-order chi connectivity index (χ1) is 10.9. The van der Waals surface area contributed by atoms with E-state index in [1.807, 2.05) is 43.4 Å². The van der Waals surface area contributed by atoms with Crippen molar-refractivity contribution in [2.24, 2.45) is 0 Å². The van der Waals surface area contributed by atoms with Gasteiger partial charge in [-0.25, -0.2) is 13.1 Å². The van der Waals surface area contributed by atoms with Crippen molar-refractivity contribution in [2.75, 3.05) is 27.2 Å². The zero-order valence-corrected chi connectivity index (χ0v) is 15.2. The summed E-state index contributed by atoms with van der Waals surface area (Å²) in [4.78, 5) is 3.38. The molecular weight excluding hydrogens is 332 g/mol. The highest BCUT2D eigenvalue weighted by atomic mass is 32.2. The summed E-state index contributed by atoms with van der Waals surface area (Å²) in [7, 11) is 0.341. The summed E-state index contributed by atoms with van der Waals surface area (Å²) in [6, 6.07) is 10.4. The Kier molecular flexibility index (Phi) is 6.17. The van der Waals surface area contributed by atoms with Gasteiger partial charge in [0, 0.05) is 11.4 Å². The van der Waals surface area contributed by atoms with E-state index in [4.69, 9.17) is 4.74 Å². The minimum Gasteiger partial charge on any atom is -0.494 e. The molecule has 1 aromatic carbocycles. The van der Waals surface area contributed by atoms with E-state index < -0.39 is 10.0 Å². The summed E-state index contributed by atoms with van der Waals surface area (Å²) < 4.78 is 32.9. The van der Waals surface area contributed by atoms with E-state index in [0.29, 0.717) is 18.9 Å². The van der Waals surface area contributed by atoms with Crippen molar-refractivity contribution < 1.29 is 13.2 Å². The highest BCUT2D eigenvalue weighted by Crippen LogP contribution is 2.23. The van der Waals surface area contributed by atoms with Gasteiger partial charge in [0.2, 0.25) is 10.0 Å². The molecule has 0 amide bonds. The Balaban J connectivity index is 2.08. The summed E-state index contributed by atoms with van der Waals surface area (Å²) in [5.41, 5.74) is 0. The Labute approximate surface area is 142 Å². The molecule has 1 aromatic heterocycles. The summed E-state index contributed by atoms with van der Waals surface area (Å²) in [6.45, 7) is 2.76. The van der Waals surface area contributed by atoms with Crippen LogP contribution in [0, 0.1) is 0 Å². The van der Waals surface area contributed by atoms with Gasteiger partial charge in [0.15, 0.2) is 0 Å². The Morgan fingerprint density at radius 1 is 1.22 bits per heavy atom. The summed E-state index contributed by atoms with van der Waals surface area (Å²) in [5, 5.41) is 1.99. The molecule has 0 fully saturated rings. The molecule has 1 N–H and O–H groups in total. The van der Waals surface area contributed by atoms with Crippen LogP contribution in [0.3, 0.4) is 0 Å². The van der Waals surface area contributed by atoms with Gasteiger partial charge < -0.3 is 9.64 Å². The van der Waals surface area contributed by atoms with Crippen molar-refractivity contribution in [3.63, 3.8) is 0 Å². The van der Waals surface area contributed by atoms with Crippen molar-refractivity contribution in [3.05, 3.63) is 46.7 Å². The molecule has 23 heavy (non-hydrogen) atoms. The van der Waals surface area contributed by atoms with E-state index in [2.05, 4.69) is 4.72 Å². The number of benzene rings is 1. The van der Waals surface area contributed by atoms with Gasteiger partial charge in [-0.3, -0.25) is 0 Å². The van der Waals surface area contributed by atoms with Gasteiger partial charge in [-0.15, -0.1) is 11.3 Å². The number of hydrogen-bond acceptors (Lipinski definition) is 5. The second kappa shape index (κ2) is 7.92. The molecule has 2 rings (SSSR count). The number of thiophene rings is 1. The molecule has 0 spiro atoms. The third-order valence-corrected chi connectivity index (χ3v) is 5.82. The van der Waals surface area contributed by atoms with Gasteiger partial charge in [-0.2, -0.15) is 0 Å². The number of rotatable bonds is 8. The molecule has 0 radical (unpaired) electrons. The van der Waals surface area contributed by atoms with Crippen molar-refractivity contribution in [1.29, 1.82) is 0 Å². The third kappa shape index (κ3) is 4.78. The van der Waals surface area contributed by atoms with Crippen LogP contribution in [0.15, 0.2) is 46.7 Å². The Hall–Kier alpha value is -1.41. The van der Waals surface area contributed by atoms with Gasteiger partial charge in [0.05, 0.1) is 17.5 Å². The maximum absolute atomic E-state index is 12.4. The number of nitrogens with one attached hydrogen (secondary N) is 1. The fourth-order valence-corrected chi connectivity index (χ4v) is 4.13. The maximum Gasteiger partial charge on any atom is 0.240 e. The molecule has 0 aliphatic carbocycles. The van der Waals surface area contributed by atoms with Crippen LogP contribution in [0.2, 0.25) is 0 Å². The van der Waals surface area contributed by atoms with Crippen molar-refractivity contribution >= 4 is 21.4 Å². The van der Waals surface area contributed by atoms with Gasteiger partial charge in [-0.1, -0.05) is 6.07 Å². The SMILES string of the molecule is CCOc1ccc(S(=O)(=O)NC[C@H](c2cccs2)N(C)C)cc1. The third-order valence-electron chi connectivity index (χ3n) is 3.41. The zero-order chi connectivity index (χ0) is 16.9. The second-order valence-corrected chi connectivity index (χ2v) is 8.00. The molecule has 0 saturated carbocycles. The average Bonchev–Trinajstić information content (AvgIpc) is 3.02. The van der Waals surface area contributed by atoms with Crippen LogP contribution in [0.1, 0.15) is 17.8 Å². The summed E-state index contributed by atoms with van der Waals surface area (Å²) in [5.74, 6) is 0.663. The number of hydrogen-bond donors (Lipinski definition) is 1. The molecule has 126 valence electrons. The Bertz CT molecular complexity index is 695. The van der Waals surface area contributed by atoms with Crippen molar-refractivity contribution in [2.45, 2.75) is 17.9 Å². The predicted molar refractivity (Wildman–Crippen MR) is 93.5 cm³/mol. The standard InChI is InChI=1S/C16H22N2O3S2/c1-4-21-13-7-9-14(10-8-13)23(19,20)17-12-15(18(2)3)16-6-5-11-22-16/h5-11,15,17H,4,12H2,1-3H3/t15-/m1/s1. The van der Waals surface area contributed by atoms with E-state index in [1.54, 1.807) is 35.6 Å². The maximum atomic E-state index is 12.4. The highest BCUT2D eigenvalue weighted by Gasteiger charge is 2.20. The average molecular weight is 354 g/mol. The van der Waals surface area contributed by atoms with Gasteiger partial charge in [-0.05, 0) is 56.7 Å². The first-order valence-corrected chi connectivity index (χ1v) is 9.72. The number of sulfonamides is 1. The lowest BCUT2D eigenvalue weighted by atomic mass is 10.2. The normalized spacial score (nSPS) is 13.2. The minimum atomic E-state index is -3.54. The minimum absolute atomic E-state index is 0.00692. The van der Waals surface area contributed by atoms with E-state index >= 15 is 0 Å². The Morgan fingerprint density at radius 2 is 1.91 bits per heavy atom. The molecule has 2 aromatic rings. The quantitative estimate of drug-likeness (QED) is 0.792. The first-order valence-electron chi connectivity index (χ1n) is 7.36. The van der Waals surface area contributed by atoms with Crippen LogP contribution in [-0.2, 0) is 10.0 Å². The largest absolute Gasteiger partial charge is 0.494 e.